The molecule has 0 bridgehead atoms. The third-order valence-electron chi connectivity index (χ3n) is 2.04. The Kier molecular flexibility index (Phi) is 18.0. The summed E-state index contributed by atoms with van der Waals surface area (Å²) < 4.78 is 5.37. The molecule has 0 aliphatic heterocycles. The van der Waals surface area contributed by atoms with Crippen molar-refractivity contribution in [2.24, 2.45) is 0 Å². The number of ether oxygens (including phenoxy) is 1. The third kappa shape index (κ3) is 12.7. The van der Waals surface area contributed by atoms with Crippen LogP contribution in [-0.2, 0) is 9.53 Å². The van der Waals surface area contributed by atoms with Crippen molar-refractivity contribution in [1.82, 2.24) is 5.09 Å². The highest BCUT2D eigenvalue weighted by Gasteiger charge is 2.34. The maximum absolute atomic E-state index is 12.2. The molecule has 16 heteroatoms. The summed E-state index contributed by atoms with van der Waals surface area (Å²) in [7, 11) is 13.2. The van der Waals surface area contributed by atoms with Crippen LogP contribution in [0.3, 0.4) is 0 Å². The molecule has 0 radical (unpaired) electrons. The van der Waals surface area contributed by atoms with Gasteiger partial charge in [-0.25, -0.2) is 4.79 Å². The molecule has 23 heavy (non-hydrogen) atoms. The largest absolute Gasteiger partial charge is 0.478 e. The predicted octanol–water partition coefficient (Wildman–Crippen LogP) is 7.13. The van der Waals surface area contributed by atoms with Crippen LogP contribution in [0.4, 0.5) is 4.79 Å². The average Bonchev–Trinajstić information content (AvgIpc) is 2.41. The van der Waals surface area contributed by atoms with E-state index in [-0.39, 0.29) is 14.2 Å². The van der Waals surface area contributed by atoms with Gasteiger partial charge in [0.2, 0.25) is 5.91 Å². The predicted molar refractivity (Wildman–Crippen MR) is 133 cm³/mol. The van der Waals surface area contributed by atoms with Crippen molar-refractivity contribution in [1.29, 1.82) is 0 Å². The van der Waals surface area contributed by atoms with Gasteiger partial charge in [-0.2, -0.15) is 0 Å². The molecule has 136 valence electrons. The Labute approximate surface area is 157 Å². The van der Waals surface area contributed by atoms with Gasteiger partial charge in [0.15, 0.2) is 0 Å². The number of rotatable bonds is 12. The van der Waals surface area contributed by atoms with Gasteiger partial charge in [-0.05, 0) is 27.4 Å². The summed E-state index contributed by atoms with van der Waals surface area (Å²) in [4.78, 5) is 23.3. The normalized spacial score (nSPS) is 16.0. The third-order valence-corrected chi connectivity index (χ3v) is 58.8. The van der Waals surface area contributed by atoms with Gasteiger partial charge < -0.3 is 14.9 Å². The SMILES string of the molecule is CCCOCCC(=O)NP(P(P)P)P(P(P)P)P(P)PC(=O)O. The van der Waals surface area contributed by atoms with E-state index in [0.29, 0.717) is 19.6 Å². The molecule has 0 spiro atoms. The van der Waals surface area contributed by atoms with Crippen LogP contribution in [0.15, 0.2) is 0 Å². The van der Waals surface area contributed by atoms with Gasteiger partial charge >= 0.3 is 5.71 Å². The van der Waals surface area contributed by atoms with Crippen molar-refractivity contribution in [2.75, 3.05) is 13.2 Å². The highest BCUT2D eigenvalue weighted by molar-refractivity contribution is 9.17. The Morgan fingerprint density at radius 3 is 2.17 bits per heavy atom. The minimum atomic E-state index is -0.739. The van der Waals surface area contributed by atoms with Gasteiger partial charge in [-0.3, -0.25) is 4.79 Å². The van der Waals surface area contributed by atoms with E-state index in [1.807, 2.05) is 6.92 Å². The van der Waals surface area contributed by atoms with Crippen LogP contribution in [0.2, 0.25) is 0 Å². The van der Waals surface area contributed by atoms with Gasteiger partial charge in [-0.15, -0.1) is 44.6 Å². The van der Waals surface area contributed by atoms with E-state index in [4.69, 9.17) is 9.84 Å². The molecule has 0 rings (SSSR count). The maximum Gasteiger partial charge on any atom is 0.325 e. The first kappa shape index (κ1) is 26.6. The van der Waals surface area contributed by atoms with Crippen LogP contribution >= 0.6 is 88.3 Å². The standard InChI is InChI=1S/C7H24NO4P11/c1-2-4-12-5-3-6(9)8-19(20(13)14)23(21(15)16)22(17)18-7(10)11/h18H,2-5,13-17H2,1H3,(H,8,9)(H,10,11). The van der Waals surface area contributed by atoms with E-state index >= 15 is 0 Å². The van der Waals surface area contributed by atoms with Crippen LogP contribution in [0.5, 0.6) is 0 Å². The quantitative estimate of drug-likeness (QED) is 0.209. The van der Waals surface area contributed by atoms with E-state index in [1.165, 1.54) is 0 Å². The van der Waals surface area contributed by atoms with E-state index < -0.39 is 41.1 Å². The molecule has 2 N–H and O–H groups in total. The summed E-state index contributed by atoms with van der Waals surface area (Å²) in [6.45, 7) is 1.01. The van der Waals surface area contributed by atoms with Crippen molar-refractivity contribution in [3.63, 3.8) is 0 Å². The first-order chi connectivity index (χ1) is 10.7. The molecule has 0 aliphatic rings. The Morgan fingerprint density at radius 2 is 1.74 bits per heavy atom. The summed E-state index contributed by atoms with van der Waals surface area (Å²) in [5.74, 6) is 0.0102. The van der Waals surface area contributed by atoms with Crippen LogP contribution in [-0.4, -0.2) is 29.9 Å². The molecule has 0 aromatic heterocycles. The van der Waals surface area contributed by atoms with Crippen molar-refractivity contribution in [2.45, 2.75) is 19.8 Å². The molecular weight excluding hydrogens is 503 g/mol. The molecule has 9 unspecified atom stereocenters. The van der Waals surface area contributed by atoms with Gasteiger partial charge in [0.05, 0.1) is 20.5 Å². The highest BCUT2D eigenvalue weighted by atomic mass is 33.2. The summed E-state index contributed by atoms with van der Waals surface area (Å²) in [6.07, 6.45) is 1.31. The van der Waals surface area contributed by atoms with Gasteiger partial charge in [-0.1, -0.05) is 6.92 Å². The topological polar surface area (TPSA) is 75.6 Å². The minimum absolute atomic E-state index is 0.0102. The minimum Gasteiger partial charge on any atom is -0.478 e. The summed E-state index contributed by atoms with van der Waals surface area (Å²) >= 11 is 0. The molecule has 0 fully saturated rings. The molecule has 9 atom stereocenters. The Bertz CT molecular complexity index is 372. The molecule has 0 aliphatic carbocycles. The Hall–Kier alpha value is 3.63. The lowest BCUT2D eigenvalue weighted by atomic mass is 10.4. The first-order valence-corrected chi connectivity index (χ1v) is 25.8. The molecule has 0 aromatic carbocycles. The number of nitrogens with one attached hydrogen (secondary N) is 1. The monoisotopic (exact) mass is 527 g/mol. The van der Waals surface area contributed by atoms with E-state index in [0.717, 1.165) is 6.42 Å². The van der Waals surface area contributed by atoms with E-state index in [1.54, 1.807) is 0 Å². The van der Waals surface area contributed by atoms with Crippen LogP contribution in [0.1, 0.15) is 19.8 Å². The second-order valence-corrected chi connectivity index (χ2v) is 45.1. The fraction of sp³-hybridized carbons (Fsp3) is 0.714. The number of carboxylic acid groups (broad SMARTS) is 1. The summed E-state index contributed by atoms with van der Waals surface area (Å²) in [5.41, 5.74) is -0.739. The van der Waals surface area contributed by atoms with Crippen LogP contribution < -0.4 is 5.09 Å². The second kappa shape index (κ2) is 15.5. The lowest BCUT2D eigenvalue weighted by Gasteiger charge is -2.36. The lowest BCUT2D eigenvalue weighted by Crippen LogP contribution is -2.18. The zero-order chi connectivity index (χ0) is 18.0. The fourth-order valence-corrected chi connectivity index (χ4v) is 89.9. The molecule has 0 saturated carbocycles. The van der Waals surface area contributed by atoms with Crippen molar-refractivity contribution < 1.29 is 19.4 Å². The van der Waals surface area contributed by atoms with Crippen molar-refractivity contribution in [3.8, 4) is 0 Å². The fourth-order valence-electron chi connectivity index (χ4n) is 1.22. The Balaban J connectivity index is 4.82. The van der Waals surface area contributed by atoms with Gasteiger partial charge in [0.1, 0.15) is 0 Å². The van der Waals surface area contributed by atoms with Gasteiger partial charge in [0.25, 0.3) is 0 Å². The number of hydrogen-bond acceptors (Lipinski definition) is 3. The molecule has 0 saturated heterocycles. The van der Waals surface area contributed by atoms with E-state index in [2.05, 4.69) is 49.7 Å². The lowest BCUT2D eigenvalue weighted by molar-refractivity contribution is -0.120. The van der Waals surface area contributed by atoms with Crippen molar-refractivity contribution in [3.05, 3.63) is 0 Å². The molecule has 1 amide bonds. The van der Waals surface area contributed by atoms with Gasteiger partial charge in [0, 0.05) is 21.9 Å². The smallest absolute Gasteiger partial charge is 0.325 e. The molecule has 5 nitrogen and oxygen atoms in total. The number of amides is 1. The molecule has 0 heterocycles. The Morgan fingerprint density at radius 1 is 1.13 bits per heavy atom. The summed E-state index contributed by atoms with van der Waals surface area (Å²) in [6, 6.07) is 0. The first-order valence-electron chi connectivity index (χ1n) is 6.31. The average molecular weight is 527 g/mol. The number of hydrogen-bond donors (Lipinski definition) is 2. The number of carbonyl (C=O) groups is 2. The summed E-state index contributed by atoms with van der Waals surface area (Å²) in [5, 5.41) is 12.3. The molecular formula is C7H24NO4P11. The zero-order valence-corrected chi connectivity index (χ0v) is 23.9. The maximum atomic E-state index is 12.2. The molecule has 0 aromatic rings. The second-order valence-electron chi connectivity index (χ2n) is 3.98. The van der Waals surface area contributed by atoms with Crippen LogP contribution in [0.25, 0.3) is 0 Å². The van der Waals surface area contributed by atoms with Crippen molar-refractivity contribution >= 4 is 99.9 Å². The number of carbonyl (C=O) groups excluding carboxylic acids is 1. The van der Waals surface area contributed by atoms with Crippen LogP contribution in [0, 0.1) is 0 Å². The van der Waals surface area contributed by atoms with E-state index in [9.17, 15) is 9.59 Å². The highest BCUT2D eigenvalue weighted by Crippen LogP contribution is 3.14. The zero-order valence-electron chi connectivity index (χ0n) is 12.6.